The van der Waals surface area contributed by atoms with E-state index in [4.69, 9.17) is 16.0 Å². The molecule has 0 saturated carbocycles. The first-order chi connectivity index (χ1) is 15.9. The number of hydrogen-bond acceptors (Lipinski definition) is 6. The molecule has 0 amide bonds. The molecule has 3 aromatic rings. The van der Waals surface area contributed by atoms with Crippen molar-refractivity contribution in [1.82, 2.24) is 19.7 Å². The van der Waals surface area contributed by atoms with Crippen molar-refractivity contribution in [2.75, 3.05) is 18.0 Å². The highest BCUT2D eigenvalue weighted by molar-refractivity contribution is 5.87. The number of aryl methyl sites for hydroxylation is 1. The second-order valence-electron chi connectivity index (χ2n) is 8.24. The van der Waals surface area contributed by atoms with Crippen LogP contribution in [0.5, 0.6) is 0 Å². The molecule has 8 heteroatoms. The first-order valence-electron chi connectivity index (χ1n) is 10.8. The smallest absolute Gasteiger partial charge is 0.225 e. The summed E-state index contributed by atoms with van der Waals surface area (Å²) in [5.41, 5.74) is 9.68. The Morgan fingerprint density at radius 2 is 2.09 bits per heavy atom. The highest BCUT2D eigenvalue weighted by atomic mass is 19.1. The van der Waals surface area contributed by atoms with E-state index in [1.165, 1.54) is 12.2 Å². The van der Waals surface area contributed by atoms with Gasteiger partial charge in [-0.15, -0.1) is 0 Å². The molecule has 0 unspecified atom stereocenters. The Balaban J connectivity index is 1.83. The quantitative estimate of drug-likeness (QED) is 0.467. The highest BCUT2D eigenvalue weighted by Gasteiger charge is 2.21. The molecule has 4 rings (SSSR count). The van der Waals surface area contributed by atoms with Crippen molar-refractivity contribution in [3.05, 3.63) is 66.4 Å². The second kappa shape index (κ2) is 9.35. The minimum atomic E-state index is -0.650. The van der Waals surface area contributed by atoms with Crippen LogP contribution in [0.25, 0.3) is 27.6 Å². The lowest BCUT2D eigenvalue weighted by Crippen LogP contribution is -2.40. The van der Waals surface area contributed by atoms with Gasteiger partial charge in [-0.25, -0.2) is 14.4 Å². The summed E-state index contributed by atoms with van der Waals surface area (Å²) in [5.74, 6) is -0.0627. The maximum Gasteiger partial charge on any atom is 0.225 e. The molecule has 0 bridgehead atoms. The van der Waals surface area contributed by atoms with E-state index in [-0.39, 0.29) is 11.6 Å². The molecule has 0 atom stereocenters. The van der Waals surface area contributed by atoms with Crippen LogP contribution < -0.4 is 10.6 Å². The average Bonchev–Trinajstić information content (AvgIpc) is 3.19. The normalized spacial score (nSPS) is 16.0. The van der Waals surface area contributed by atoms with Crippen molar-refractivity contribution in [1.29, 1.82) is 5.26 Å². The number of halogens is 1. The summed E-state index contributed by atoms with van der Waals surface area (Å²) < 4.78 is 16.4. The SMILES string of the molecule is C=C/C(C#N)=C(F)\C=C(/C)c1nc(N2CCC(N)CC2)ncc1-c1ccc2nn(C)cc2c1. The summed E-state index contributed by atoms with van der Waals surface area (Å²) >= 11 is 0. The van der Waals surface area contributed by atoms with Crippen LogP contribution in [0.2, 0.25) is 0 Å². The molecule has 0 aliphatic carbocycles. The minimum absolute atomic E-state index is 0.119. The summed E-state index contributed by atoms with van der Waals surface area (Å²) in [7, 11) is 1.88. The van der Waals surface area contributed by atoms with Gasteiger partial charge in [-0.05, 0) is 55.2 Å². The highest BCUT2D eigenvalue weighted by Crippen LogP contribution is 2.32. The second-order valence-corrected chi connectivity index (χ2v) is 8.24. The Morgan fingerprint density at radius 1 is 1.33 bits per heavy atom. The van der Waals surface area contributed by atoms with Crippen molar-refractivity contribution in [3.63, 3.8) is 0 Å². The number of aromatic nitrogens is 4. The molecule has 1 aromatic carbocycles. The fraction of sp³-hybridized carbons (Fsp3) is 0.280. The van der Waals surface area contributed by atoms with Crippen molar-refractivity contribution < 1.29 is 4.39 Å². The molecule has 1 saturated heterocycles. The van der Waals surface area contributed by atoms with Gasteiger partial charge in [0.25, 0.3) is 0 Å². The van der Waals surface area contributed by atoms with Gasteiger partial charge in [0.2, 0.25) is 5.95 Å². The third-order valence-electron chi connectivity index (χ3n) is 5.83. The zero-order valence-electron chi connectivity index (χ0n) is 18.8. The lowest BCUT2D eigenvalue weighted by molar-refractivity contribution is 0.495. The number of allylic oxidation sites excluding steroid dienone is 5. The summed E-state index contributed by atoms with van der Waals surface area (Å²) in [6.45, 7) is 6.83. The number of benzene rings is 1. The lowest BCUT2D eigenvalue weighted by Gasteiger charge is -2.30. The van der Waals surface area contributed by atoms with Crippen LogP contribution in [-0.2, 0) is 7.05 Å². The maximum absolute atomic E-state index is 14.7. The van der Waals surface area contributed by atoms with Crippen LogP contribution >= 0.6 is 0 Å². The summed E-state index contributed by atoms with van der Waals surface area (Å²) in [4.78, 5) is 11.6. The molecular formula is C25H26FN7. The van der Waals surface area contributed by atoms with E-state index in [0.29, 0.717) is 17.2 Å². The topological polar surface area (TPSA) is 96.7 Å². The zero-order chi connectivity index (χ0) is 23.5. The number of rotatable bonds is 5. The van der Waals surface area contributed by atoms with E-state index >= 15 is 0 Å². The van der Waals surface area contributed by atoms with Gasteiger partial charge in [0.15, 0.2) is 0 Å². The molecule has 7 nitrogen and oxygen atoms in total. The zero-order valence-corrected chi connectivity index (χ0v) is 18.8. The van der Waals surface area contributed by atoms with Gasteiger partial charge in [-0.3, -0.25) is 4.68 Å². The van der Waals surface area contributed by atoms with Crippen molar-refractivity contribution in [2.45, 2.75) is 25.8 Å². The van der Waals surface area contributed by atoms with Crippen LogP contribution in [0.3, 0.4) is 0 Å². The molecule has 2 aromatic heterocycles. The molecule has 1 aliphatic heterocycles. The number of nitrogens with two attached hydrogens (primary N) is 1. The van der Waals surface area contributed by atoms with E-state index in [9.17, 15) is 4.39 Å². The fourth-order valence-electron chi connectivity index (χ4n) is 3.99. The largest absolute Gasteiger partial charge is 0.341 e. The monoisotopic (exact) mass is 443 g/mol. The molecule has 0 spiro atoms. The first kappa shape index (κ1) is 22.4. The van der Waals surface area contributed by atoms with E-state index < -0.39 is 5.83 Å². The molecule has 2 N–H and O–H groups in total. The number of piperidine rings is 1. The molecule has 168 valence electrons. The van der Waals surface area contributed by atoms with E-state index in [0.717, 1.165) is 48.0 Å². The molecule has 1 fully saturated rings. The standard InChI is InChI=1S/C25H26FN7/c1-4-17(13-27)22(26)11-16(2)24-21(18-5-6-23-19(12-18)15-32(3)31-23)14-29-25(30-24)33-9-7-20(28)8-10-33/h4-6,11-12,14-15,20H,1,7-10,28H2,2-3H3/b16-11+,22-17-. The first-order valence-corrected chi connectivity index (χ1v) is 10.8. The van der Waals surface area contributed by atoms with Gasteiger partial charge in [-0.2, -0.15) is 10.4 Å². The number of hydrogen-bond donors (Lipinski definition) is 1. The Morgan fingerprint density at radius 3 is 2.79 bits per heavy atom. The number of fused-ring (bicyclic) bond motifs is 1. The Labute approximate surface area is 192 Å². The van der Waals surface area contributed by atoms with E-state index in [1.54, 1.807) is 17.8 Å². The van der Waals surface area contributed by atoms with Gasteiger partial charge in [0, 0.05) is 49.5 Å². The molecule has 0 radical (unpaired) electrons. The molecular weight excluding hydrogens is 417 g/mol. The van der Waals surface area contributed by atoms with Crippen LogP contribution in [0.4, 0.5) is 10.3 Å². The van der Waals surface area contributed by atoms with Crippen molar-refractivity contribution in [3.8, 4) is 17.2 Å². The van der Waals surface area contributed by atoms with Gasteiger partial charge < -0.3 is 10.6 Å². The molecule has 1 aliphatic rings. The minimum Gasteiger partial charge on any atom is -0.341 e. The maximum atomic E-state index is 14.7. The van der Waals surface area contributed by atoms with Gasteiger partial charge in [-0.1, -0.05) is 12.6 Å². The van der Waals surface area contributed by atoms with Gasteiger partial charge >= 0.3 is 0 Å². The van der Waals surface area contributed by atoms with Crippen molar-refractivity contribution >= 4 is 22.4 Å². The number of nitrogens with zero attached hydrogens (tertiary/aromatic N) is 6. The summed E-state index contributed by atoms with van der Waals surface area (Å²) in [5, 5.41) is 14.6. The summed E-state index contributed by atoms with van der Waals surface area (Å²) in [6, 6.07) is 7.94. The third-order valence-corrected chi connectivity index (χ3v) is 5.83. The number of anilines is 1. The Bertz CT molecular complexity index is 1300. The van der Waals surface area contributed by atoms with Crippen LogP contribution in [0.15, 0.2) is 60.7 Å². The molecule has 3 heterocycles. The average molecular weight is 444 g/mol. The fourth-order valence-corrected chi connectivity index (χ4v) is 3.99. The van der Waals surface area contributed by atoms with Gasteiger partial charge in [0.05, 0.1) is 16.8 Å². The van der Waals surface area contributed by atoms with E-state index in [1.807, 2.05) is 37.5 Å². The van der Waals surface area contributed by atoms with Crippen LogP contribution in [-0.4, -0.2) is 38.9 Å². The summed E-state index contributed by atoms with van der Waals surface area (Å²) in [6.07, 6.45) is 7.99. The van der Waals surface area contributed by atoms with Gasteiger partial charge in [0.1, 0.15) is 11.9 Å². The lowest BCUT2D eigenvalue weighted by atomic mass is 9.99. The predicted molar refractivity (Wildman–Crippen MR) is 129 cm³/mol. The van der Waals surface area contributed by atoms with Crippen molar-refractivity contribution in [2.24, 2.45) is 12.8 Å². The van der Waals surface area contributed by atoms with Crippen LogP contribution in [0, 0.1) is 11.3 Å². The number of nitriles is 1. The third kappa shape index (κ3) is 4.69. The van der Waals surface area contributed by atoms with E-state index in [2.05, 4.69) is 21.6 Å². The van der Waals surface area contributed by atoms with Crippen LogP contribution in [0.1, 0.15) is 25.5 Å². The molecule has 33 heavy (non-hydrogen) atoms. The Hall–Kier alpha value is -3.83. The Kier molecular flexibility index (Phi) is 6.33. The predicted octanol–water partition coefficient (Wildman–Crippen LogP) is 4.29.